The number of aryl methyl sites for hydroxylation is 1. The lowest BCUT2D eigenvalue weighted by Gasteiger charge is -2.36. The van der Waals surface area contributed by atoms with Crippen molar-refractivity contribution in [2.75, 3.05) is 27.3 Å². The summed E-state index contributed by atoms with van der Waals surface area (Å²) in [7, 11) is 3.30. The summed E-state index contributed by atoms with van der Waals surface area (Å²) in [5.74, 6) is -1.05. The Labute approximate surface area is 358 Å². The molecule has 3 aromatic heterocycles. The second-order valence-electron chi connectivity index (χ2n) is 17.6. The zero-order valence-corrected chi connectivity index (χ0v) is 37.3. The zero-order chi connectivity index (χ0) is 44.2. The summed E-state index contributed by atoms with van der Waals surface area (Å²) in [4.78, 5) is 66.5. The maximum atomic E-state index is 14.4. The Morgan fingerprint density at radius 3 is 2.54 bits per heavy atom. The van der Waals surface area contributed by atoms with Crippen molar-refractivity contribution in [2.45, 2.75) is 112 Å². The largest absolute Gasteiger partial charge is 0.467 e. The van der Waals surface area contributed by atoms with E-state index in [2.05, 4.69) is 71.4 Å². The fourth-order valence-electron chi connectivity index (χ4n) is 8.82. The van der Waals surface area contributed by atoms with Crippen molar-refractivity contribution in [3.8, 4) is 22.4 Å². The van der Waals surface area contributed by atoms with Gasteiger partial charge in [-0.15, -0.1) is 0 Å². The van der Waals surface area contributed by atoms with Crippen LogP contribution < -0.4 is 10.7 Å². The van der Waals surface area contributed by atoms with Gasteiger partial charge in [0.15, 0.2) is 0 Å². The maximum Gasteiger partial charge on any atom is 0.293 e. The molecule has 0 saturated carbocycles. The Bertz CT molecular complexity index is 2380. The molecule has 4 atom stereocenters. The van der Waals surface area contributed by atoms with Crippen molar-refractivity contribution in [2.24, 2.45) is 11.3 Å². The van der Waals surface area contributed by atoms with Crippen LogP contribution in [-0.2, 0) is 48.0 Å². The van der Waals surface area contributed by atoms with E-state index >= 15 is 0 Å². The van der Waals surface area contributed by atoms with Crippen LogP contribution in [0.3, 0.4) is 0 Å². The number of hydrogen-bond acceptors (Lipinski definition) is 9. The lowest BCUT2D eigenvalue weighted by Crippen LogP contribution is -2.60. The molecule has 2 aromatic carbocycles. The van der Waals surface area contributed by atoms with Gasteiger partial charge < -0.3 is 29.2 Å². The molecule has 1 aliphatic heterocycles. The molecule has 3 unspecified atom stereocenters. The second kappa shape index (κ2) is 19.0. The van der Waals surface area contributed by atoms with Crippen LogP contribution in [0.2, 0.25) is 0 Å². The summed E-state index contributed by atoms with van der Waals surface area (Å²) in [5.41, 5.74) is 12.0. The number of hydrazine groups is 1. The summed E-state index contributed by atoms with van der Waals surface area (Å²) in [6.45, 7) is 17.5. The molecule has 0 aliphatic carbocycles. The van der Waals surface area contributed by atoms with Gasteiger partial charge in [-0.25, -0.2) is 10.4 Å². The average molecular weight is 835 g/mol. The van der Waals surface area contributed by atoms with Gasteiger partial charge in [-0.2, -0.15) is 0 Å². The average Bonchev–Trinajstić information content (AvgIpc) is 3.83. The van der Waals surface area contributed by atoms with Crippen LogP contribution in [0.5, 0.6) is 0 Å². The monoisotopic (exact) mass is 834 g/mol. The molecule has 1 saturated heterocycles. The first kappa shape index (κ1) is 44.9. The van der Waals surface area contributed by atoms with Gasteiger partial charge in [0.1, 0.15) is 12.1 Å². The SMILES string of the molecule is CCn1c(-c2cccnc2C(C)OC)c(CC(C)(C)COC=O)c2cc(-c3cc(CC(NC(=O)C(C(C)C)N(C)C(C)=O)C(=O)N4CCC[C@@H](C)N4)cc4[nH]cnc34)ccc21. The highest BCUT2D eigenvalue weighted by atomic mass is 16.5. The van der Waals surface area contributed by atoms with Crippen molar-refractivity contribution >= 4 is 46.1 Å². The van der Waals surface area contributed by atoms with E-state index in [0.717, 1.165) is 74.0 Å². The normalized spacial score (nSPS) is 16.1. The van der Waals surface area contributed by atoms with Gasteiger partial charge in [-0.05, 0) is 99.0 Å². The lowest BCUT2D eigenvalue weighted by molar-refractivity contribution is -0.144. The van der Waals surface area contributed by atoms with E-state index in [4.69, 9.17) is 19.4 Å². The maximum absolute atomic E-state index is 14.4. The number of aromatic nitrogens is 4. The molecule has 326 valence electrons. The molecular formula is C47H62N8O6. The molecule has 0 radical (unpaired) electrons. The van der Waals surface area contributed by atoms with Crippen LogP contribution in [0, 0.1) is 11.3 Å². The molecule has 61 heavy (non-hydrogen) atoms. The molecule has 0 bridgehead atoms. The van der Waals surface area contributed by atoms with Gasteiger partial charge in [0.25, 0.3) is 12.4 Å². The third-order valence-electron chi connectivity index (χ3n) is 11.9. The van der Waals surface area contributed by atoms with Gasteiger partial charge >= 0.3 is 0 Å². The number of likely N-dealkylation sites (N-methyl/N-ethyl adjacent to an activating group) is 1. The minimum atomic E-state index is -0.922. The van der Waals surface area contributed by atoms with Crippen LogP contribution in [0.15, 0.2) is 55.0 Å². The van der Waals surface area contributed by atoms with Crippen molar-refractivity contribution in [1.82, 2.24) is 40.2 Å². The number of H-pyrrole nitrogens is 1. The van der Waals surface area contributed by atoms with Crippen molar-refractivity contribution in [3.63, 3.8) is 0 Å². The van der Waals surface area contributed by atoms with Crippen LogP contribution >= 0.6 is 0 Å². The van der Waals surface area contributed by atoms with E-state index in [9.17, 15) is 19.2 Å². The first-order chi connectivity index (χ1) is 29.1. The highest BCUT2D eigenvalue weighted by Crippen LogP contribution is 2.42. The van der Waals surface area contributed by atoms with E-state index < -0.39 is 17.5 Å². The number of amides is 3. The molecule has 3 N–H and O–H groups in total. The zero-order valence-electron chi connectivity index (χ0n) is 37.3. The molecule has 14 nitrogen and oxygen atoms in total. The van der Waals surface area contributed by atoms with Crippen molar-refractivity contribution in [1.29, 1.82) is 0 Å². The number of ether oxygens (including phenoxy) is 2. The molecule has 0 spiro atoms. The number of aromatic amines is 1. The van der Waals surface area contributed by atoms with E-state index in [1.165, 1.54) is 11.8 Å². The molecule has 14 heteroatoms. The van der Waals surface area contributed by atoms with Gasteiger partial charge in [-0.3, -0.25) is 29.2 Å². The molecule has 1 fully saturated rings. The van der Waals surface area contributed by atoms with Crippen molar-refractivity contribution in [3.05, 3.63) is 71.8 Å². The summed E-state index contributed by atoms with van der Waals surface area (Å²) in [6.07, 6.45) is 5.77. The number of hydrogen-bond donors (Lipinski definition) is 3. The quantitative estimate of drug-likeness (QED) is 0.0860. The molecular weight excluding hydrogens is 773 g/mol. The van der Waals surface area contributed by atoms with Gasteiger partial charge in [0.2, 0.25) is 11.8 Å². The van der Waals surface area contributed by atoms with Gasteiger partial charge in [0.05, 0.1) is 41.5 Å². The number of nitrogens with one attached hydrogen (secondary N) is 3. The first-order valence-corrected chi connectivity index (χ1v) is 21.3. The van der Waals surface area contributed by atoms with E-state index in [0.29, 0.717) is 26.0 Å². The summed E-state index contributed by atoms with van der Waals surface area (Å²) >= 11 is 0. The molecule has 1 aliphatic rings. The molecule has 6 rings (SSSR count). The predicted octanol–water partition coefficient (Wildman–Crippen LogP) is 6.76. The van der Waals surface area contributed by atoms with E-state index in [1.54, 1.807) is 31.7 Å². The fourth-order valence-corrected chi connectivity index (χ4v) is 8.82. The number of imidazole rings is 1. The third kappa shape index (κ3) is 9.65. The Hall–Kier alpha value is -5.60. The number of fused-ring (bicyclic) bond motifs is 2. The predicted molar refractivity (Wildman–Crippen MR) is 237 cm³/mol. The smallest absolute Gasteiger partial charge is 0.293 e. The summed E-state index contributed by atoms with van der Waals surface area (Å²) < 4.78 is 13.5. The topological polar surface area (TPSA) is 164 Å². The summed E-state index contributed by atoms with van der Waals surface area (Å²) in [5, 5.41) is 5.74. The van der Waals surface area contributed by atoms with Crippen LogP contribution in [0.4, 0.5) is 0 Å². The Morgan fingerprint density at radius 1 is 1.10 bits per heavy atom. The van der Waals surface area contributed by atoms with Crippen molar-refractivity contribution < 1.29 is 28.7 Å². The highest BCUT2D eigenvalue weighted by molar-refractivity contribution is 5.99. The molecule has 4 heterocycles. The Kier molecular flexibility index (Phi) is 14.0. The minimum absolute atomic E-state index is 0.105. The number of benzene rings is 2. The first-order valence-electron chi connectivity index (χ1n) is 21.3. The van der Waals surface area contributed by atoms with Crippen LogP contribution in [0.25, 0.3) is 44.3 Å². The highest BCUT2D eigenvalue weighted by Gasteiger charge is 2.35. The fraction of sp³-hybridized carbons (Fsp3) is 0.489. The standard InChI is InChI=1S/C47H62N8O6/c1-11-54-40-17-16-33(23-36(40)37(24-47(7,8)25-61-27-56)44(54)34-15-12-18-48-41(34)30(5)60-10)35-20-32(21-38-42(35)50-26-49-38)22-39(46(59)55-19-13-14-29(4)52-55)51-45(58)43(28(2)3)53(9)31(6)57/h12,15-18,20-21,23,26-30,39,43,52H,11,13-14,19,22,24-25H2,1-10H3,(H,49,50)(H,51,58)/t29-,30?,39?,43?/m1/s1. The van der Waals surface area contributed by atoms with E-state index in [1.807, 2.05) is 39.8 Å². The minimum Gasteiger partial charge on any atom is -0.467 e. The number of nitrogens with zero attached hydrogens (tertiary/aromatic N) is 5. The second-order valence-corrected chi connectivity index (χ2v) is 17.6. The molecule has 5 aromatic rings. The van der Waals surface area contributed by atoms with Gasteiger partial charge in [-0.1, -0.05) is 33.8 Å². The lowest BCUT2D eigenvalue weighted by atomic mass is 9.84. The number of pyridine rings is 1. The Balaban J connectivity index is 1.49. The van der Waals surface area contributed by atoms with Crippen LogP contribution in [-0.4, -0.2) is 99.1 Å². The summed E-state index contributed by atoms with van der Waals surface area (Å²) in [6, 6.07) is 13.0. The number of rotatable bonds is 17. The van der Waals surface area contributed by atoms with Crippen LogP contribution in [0.1, 0.15) is 91.2 Å². The van der Waals surface area contributed by atoms with E-state index in [-0.39, 0.29) is 48.8 Å². The number of carbonyl (C=O) groups excluding carboxylic acids is 4. The molecule has 3 amide bonds. The Morgan fingerprint density at radius 2 is 1.87 bits per heavy atom. The number of carbonyl (C=O) groups is 4. The van der Waals surface area contributed by atoms with Gasteiger partial charge in [0, 0.05) is 80.3 Å². The number of methoxy groups -OCH3 is 1. The third-order valence-corrected chi connectivity index (χ3v) is 11.9.